The van der Waals surface area contributed by atoms with E-state index in [0.717, 1.165) is 70.7 Å². The van der Waals surface area contributed by atoms with Crippen molar-refractivity contribution in [1.29, 1.82) is 0 Å². The fraction of sp³-hybridized carbons (Fsp3) is 0.714. The smallest absolute Gasteiger partial charge is 0.289 e. The monoisotopic (exact) mass is 424 g/mol. The maximum atomic E-state index is 13.0. The highest BCUT2D eigenvalue weighted by atomic mass is 35.5. The van der Waals surface area contributed by atoms with E-state index in [1.165, 1.54) is 0 Å². The van der Waals surface area contributed by atoms with Gasteiger partial charge in [-0.25, -0.2) is 0 Å². The van der Waals surface area contributed by atoms with Crippen LogP contribution in [-0.2, 0) is 11.2 Å². The topological polar surface area (TPSA) is 69.0 Å². The first-order valence-electron chi connectivity index (χ1n) is 10.8. The highest BCUT2D eigenvalue weighted by Gasteiger charge is 2.36. The molecule has 8 heteroatoms. The molecule has 3 aliphatic heterocycles. The first-order valence-corrected chi connectivity index (χ1v) is 10.8. The summed E-state index contributed by atoms with van der Waals surface area (Å²) in [5.41, 5.74) is 0. The Morgan fingerprint density at radius 2 is 1.72 bits per heavy atom. The number of halogens is 1. The minimum absolute atomic E-state index is 0. The largest absolute Gasteiger partial charge is 0.456 e. The molecule has 1 atom stereocenters. The summed E-state index contributed by atoms with van der Waals surface area (Å²) in [6, 6.07) is 4.14. The summed E-state index contributed by atoms with van der Waals surface area (Å²) in [7, 11) is 0. The molecule has 0 saturated carbocycles. The molecule has 3 fully saturated rings. The molecule has 4 rings (SSSR count). The van der Waals surface area contributed by atoms with Gasteiger partial charge in [-0.15, -0.1) is 12.4 Å². The van der Waals surface area contributed by atoms with Crippen LogP contribution in [0.25, 0.3) is 0 Å². The number of amides is 2. The van der Waals surface area contributed by atoms with Gasteiger partial charge in [0.15, 0.2) is 5.76 Å². The van der Waals surface area contributed by atoms with Crippen molar-refractivity contribution in [2.45, 2.75) is 38.6 Å². The van der Waals surface area contributed by atoms with Crippen molar-refractivity contribution in [2.24, 2.45) is 5.92 Å². The standard InChI is InChI=1S/C21H32N4O3.ClH/c1-2-18-3-4-19(28-18)21(27)24-10-5-16(6-11-24)20(26)25-12-7-17(15-25)23-13-8-22-9-14-23;/h3-4,16-17,22H,2,5-15H2,1H3;1H. The Bertz CT molecular complexity index is 696. The lowest BCUT2D eigenvalue weighted by atomic mass is 9.95. The van der Waals surface area contributed by atoms with Gasteiger partial charge in [-0.1, -0.05) is 6.92 Å². The molecule has 7 nitrogen and oxygen atoms in total. The second kappa shape index (κ2) is 9.96. The predicted octanol–water partition coefficient (Wildman–Crippen LogP) is 1.62. The van der Waals surface area contributed by atoms with Gasteiger partial charge >= 0.3 is 0 Å². The molecule has 1 aromatic heterocycles. The fourth-order valence-electron chi connectivity index (χ4n) is 4.71. The number of nitrogens with one attached hydrogen (secondary N) is 1. The molecule has 0 aromatic carbocycles. The summed E-state index contributed by atoms with van der Waals surface area (Å²) < 4.78 is 5.60. The third-order valence-electron chi connectivity index (χ3n) is 6.50. The van der Waals surface area contributed by atoms with Crippen LogP contribution in [0.2, 0.25) is 0 Å². The molecule has 1 unspecified atom stereocenters. The molecule has 4 heterocycles. The van der Waals surface area contributed by atoms with Crippen molar-refractivity contribution >= 4 is 24.2 Å². The van der Waals surface area contributed by atoms with Crippen molar-refractivity contribution in [2.75, 3.05) is 52.4 Å². The molecule has 0 spiro atoms. The molecular formula is C21H33ClN4O3. The second-order valence-corrected chi connectivity index (χ2v) is 8.20. The molecule has 3 saturated heterocycles. The minimum atomic E-state index is -0.0504. The van der Waals surface area contributed by atoms with Crippen molar-refractivity contribution in [3.05, 3.63) is 23.7 Å². The average molecular weight is 425 g/mol. The third-order valence-corrected chi connectivity index (χ3v) is 6.50. The van der Waals surface area contributed by atoms with E-state index in [1.54, 1.807) is 6.07 Å². The van der Waals surface area contributed by atoms with Gasteiger partial charge in [0.05, 0.1) is 0 Å². The van der Waals surface area contributed by atoms with E-state index in [9.17, 15) is 9.59 Å². The number of nitrogens with zero attached hydrogens (tertiary/aromatic N) is 3. The molecular weight excluding hydrogens is 392 g/mol. The highest BCUT2D eigenvalue weighted by Crippen LogP contribution is 2.25. The lowest BCUT2D eigenvalue weighted by Crippen LogP contribution is -2.50. The van der Waals surface area contributed by atoms with Crippen LogP contribution < -0.4 is 5.32 Å². The second-order valence-electron chi connectivity index (χ2n) is 8.20. The molecule has 29 heavy (non-hydrogen) atoms. The zero-order chi connectivity index (χ0) is 19.5. The first-order chi connectivity index (χ1) is 13.7. The summed E-state index contributed by atoms with van der Waals surface area (Å²) in [5.74, 6) is 1.54. The molecule has 0 bridgehead atoms. The van der Waals surface area contributed by atoms with Crippen LogP contribution in [0.4, 0.5) is 0 Å². The van der Waals surface area contributed by atoms with Gasteiger partial charge < -0.3 is 19.5 Å². The highest BCUT2D eigenvalue weighted by molar-refractivity contribution is 5.91. The summed E-state index contributed by atoms with van der Waals surface area (Å²) >= 11 is 0. The Labute approximate surface area is 179 Å². The van der Waals surface area contributed by atoms with E-state index >= 15 is 0 Å². The molecule has 0 aliphatic carbocycles. The molecule has 162 valence electrons. The number of piperazine rings is 1. The van der Waals surface area contributed by atoms with E-state index in [0.29, 0.717) is 24.9 Å². The normalized spacial score (nSPS) is 23.8. The minimum Gasteiger partial charge on any atom is -0.456 e. The zero-order valence-corrected chi connectivity index (χ0v) is 18.1. The Morgan fingerprint density at radius 1 is 1.03 bits per heavy atom. The molecule has 3 aliphatic rings. The average Bonchev–Trinajstić information content (AvgIpc) is 3.43. The molecule has 2 amide bonds. The van der Waals surface area contributed by atoms with Crippen LogP contribution in [0.5, 0.6) is 0 Å². The van der Waals surface area contributed by atoms with E-state index in [-0.39, 0.29) is 30.1 Å². The van der Waals surface area contributed by atoms with Gasteiger partial charge in [0, 0.05) is 70.7 Å². The molecule has 1 aromatic rings. The number of furan rings is 1. The van der Waals surface area contributed by atoms with Crippen LogP contribution in [0.15, 0.2) is 16.5 Å². The van der Waals surface area contributed by atoms with Crippen molar-refractivity contribution < 1.29 is 14.0 Å². The van der Waals surface area contributed by atoms with Crippen molar-refractivity contribution in [3.63, 3.8) is 0 Å². The number of piperidine rings is 1. The van der Waals surface area contributed by atoms with Crippen molar-refractivity contribution in [1.82, 2.24) is 20.0 Å². The summed E-state index contributed by atoms with van der Waals surface area (Å²) in [4.78, 5) is 32.0. The van der Waals surface area contributed by atoms with Gasteiger partial charge in [-0.2, -0.15) is 0 Å². The number of likely N-dealkylation sites (tertiary alicyclic amines) is 2. The van der Waals surface area contributed by atoms with Gasteiger partial charge in [0.25, 0.3) is 5.91 Å². The zero-order valence-electron chi connectivity index (χ0n) is 17.3. The van der Waals surface area contributed by atoms with Gasteiger partial charge in [-0.3, -0.25) is 14.5 Å². The Morgan fingerprint density at radius 3 is 2.38 bits per heavy atom. The SMILES string of the molecule is CCc1ccc(C(=O)N2CCC(C(=O)N3CCC(N4CCNCC4)C3)CC2)o1.Cl. The number of carbonyl (C=O) groups excluding carboxylic acids is 2. The number of hydrogen-bond donors (Lipinski definition) is 1. The quantitative estimate of drug-likeness (QED) is 0.795. The summed E-state index contributed by atoms with van der Waals surface area (Å²) in [6.45, 7) is 9.27. The van der Waals surface area contributed by atoms with Gasteiger partial charge in [0.1, 0.15) is 5.76 Å². The van der Waals surface area contributed by atoms with E-state index < -0.39 is 0 Å². The Hall–Kier alpha value is -1.57. The first kappa shape index (κ1) is 22.1. The van der Waals surface area contributed by atoms with Crippen LogP contribution in [-0.4, -0.2) is 84.9 Å². The molecule has 1 N–H and O–H groups in total. The Balaban J connectivity index is 0.00000240. The third kappa shape index (κ3) is 4.95. The van der Waals surface area contributed by atoms with Gasteiger partial charge in [0.2, 0.25) is 5.91 Å². The van der Waals surface area contributed by atoms with Crippen LogP contribution in [0.3, 0.4) is 0 Å². The van der Waals surface area contributed by atoms with Gasteiger partial charge in [-0.05, 0) is 31.4 Å². The summed E-state index contributed by atoms with van der Waals surface area (Å²) in [5, 5.41) is 3.39. The van der Waals surface area contributed by atoms with Crippen LogP contribution >= 0.6 is 12.4 Å². The number of hydrogen-bond acceptors (Lipinski definition) is 5. The fourth-order valence-corrected chi connectivity index (χ4v) is 4.71. The number of aryl methyl sites for hydroxylation is 1. The maximum absolute atomic E-state index is 13.0. The number of rotatable bonds is 4. The Kier molecular flexibility index (Phi) is 7.60. The van der Waals surface area contributed by atoms with E-state index in [2.05, 4.69) is 15.1 Å². The van der Waals surface area contributed by atoms with E-state index in [4.69, 9.17) is 4.42 Å². The lowest BCUT2D eigenvalue weighted by Gasteiger charge is -2.34. The predicted molar refractivity (Wildman–Crippen MR) is 113 cm³/mol. The van der Waals surface area contributed by atoms with Crippen LogP contribution in [0.1, 0.15) is 42.5 Å². The van der Waals surface area contributed by atoms with E-state index in [1.807, 2.05) is 17.9 Å². The van der Waals surface area contributed by atoms with Crippen molar-refractivity contribution in [3.8, 4) is 0 Å². The van der Waals surface area contributed by atoms with Crippen LogP contribution in [0, 0.1) is 5.92 Å². The maximum Gasteiger partial charge on any atom is 0.289 e. The molecule has 0 radical (unpaired) electrons. The summed E-state index contributed by atoms with van der Waals surface area (Å²) in [6.07, 6.45) is 3.37. The lowest BCUT2D eigenvalue weighted by molar-refractivity contribution is -0.136. The number of carbonyl (C=O) groups is 2.